The molecule has 1 aliphatic rings. The van der Waals surface area contributed by atoms with Gasteiger partial charge in [-0.05, 0) is 60.1 Å². The van der Waals surface area contributed by atoms with Crippen LogP contribution in [0.4, 0.5) is 11.4 Å². The van der Waals surface area contributed by atoms with Crippen LogP contribution in [0.1, 0.15) is 25.7 Å². The van der Waals surface area contributed by atoms with Crippen LogP contribution in [0, 0.1) is 3.57 Å². The van der Waals surface area contributed by atoms with E-state index in [1.807, 2.05) is 23.1 Å². The number of hydrogen-bond acceptors (Lipinski definition) is 3. The third kappa shape index (κ3) is 4.26. The summed E-state index contributed by atoms with van der Waals surface area (Å²) in [6.45, 7) is 2.53. The summed E-state index contributed by atoms with van der Waals surface area (Å²) in [5.74, 6) is 0.262. The Balaban J connectivity index is 1.78. The van der Waals surface area contributed by atoms with Gasteiger partial charge in [0.15, 0.2) is 0 Å². The second-order valence-electron chi connectivity index (χ2n) is 4.86. The van der Waals surface area contributed by atoms with Crippen LogP contribution in [0.5, 0.6) is 0 Å². The summed E-state index contributed by atoms with van der Waals surface area (Å²) in [7, 11) is 0. The van der Waals surface area contributed by atoms with Gasteiger partial charge in [-0.2, -0.15) is 0 Å². The van der Waals surface area contributed by atoms with Gasteiger partial charge in [0.25, 0.3) is 0 Å². The Hall–Kier alpha value is -0.980. The van der Waals surface area contributed by atoms with Crippen molar-refractivity contribution in [2.45, 2.75) is 25.7 Å². The minimum Gasteiger partial charge on any atom is -0.399 e. The van der Waals surface area contributed by atoms with Gasteiger partial charge >= 0.3 is 0 Å². The Morgan fingerprint density at radius 2 is 2.05 bits per heavy atom. The van der Waals surface area contributed by atoms with Gasteiger partial charge in [-0.25, -0.2) is 0 Å². The van der Waals surface area contributed by atoms with Gasteiger partial charge in [0.1, 0.15) is 0 Å². The van der Waals surface area contributed by atoms with Gasteiger partial charge in [-0.1, -0.05) is 0 Å². The summed E-state index contributed by atoms with van der Waals surface area (Å²) in [6, 6.07) is 5.76. The number of halogens is 1. The third-order valence-electron chi connectivity index (χ3n) is 3.36. The van der Waals surface area contributed by atoms with Crippen molar-refractivity contribution >= 4 is 39.9 Å². The summed E-state index contributed by atoms with van der Waals surface area (Å²) in [4.78, 5) is 14.0. The van der Waals surface area contributed by atoms with Crippen LogP contribution in [0.15, 0.2) is 18.2 Å². The lowest BCUT2D eigenvalue weighted by Gasteiger charge is -2.26. The molecule has 1 fully saturated rings. The van der Waals surface area contributed by atoms with Crippen molar-refractivity contribution < 1.29 is 4.79 Å². The van der Waals surface area contributed by atoms with Crippen molar-refractivity contribution in [3.8, 4) is 0 Å². The smallest absolute Gasteiger partial charge is 0.224 e. The first kappa shape index (κ1) is 14.4. The Bertz CT molecular complexity index is 444. The van der Waals surface area contributed by atoms with Crippen LogP contribution in [-0.2, 0) is 4.79 Å². The number of anilines is 2. The van der Waals surface area contributed by atoms with Crippen molar-refractivity contribution in [1.82, 2.24) is 4.90 Å². The van der Waals surface area contributed by atoms with Gasteiger partial charge in [-0.3, -0.25) is 4.79 Å². The maximum atomic E-state index is 12.0. The fraction of sp³-hybridized carbons (Fsp3) is 0.500. The van der Waals surface area contributed by atoms with Gasteiger partial charge in [0.05, 0.1) is 0 Å². The molecule has 4 nitrogen and oxygen atoms in total. The van der Waals surface area contributed by atoms with Gasteiger partial charge < -0.3 is 16.0 Å². The van der Waals surface area contributed by atoms with Crippen LogP contribution in [-0.4, -0.2) is 30.4 Å². The summed E-state index contributed by atoms with van der Waals surface area (Å²) in [5.41, 5.74) is 7.51. The first-order valence-corrected chi connectivity index (χ1v) is 7.81. The largest absolute Gasteiger partial charge is 0.399 e. The summed E-state index contributed by atoms with van der Waals surface area (Å²) in [5, 5.41) is 3.30. The van der Waals surface area contributed by atoms with E-state index in [2.05, 4.69) is 27.9 Å². The molecule has 1 aliphatic heterocycles. The Labute approximate surface area is 127 Å². The molecular formula is C14H20IN3O. The first-order valence-electron chi connectivity index (χ1n) is 6.73. The number of benzene rings is 1. The normalized spacial score (nSPS) is 15.3. The molecule has 1 aromatic rings. The zero-order valence-corrected chi connectivity index (χ0v) is 13.2. The molecule has 5 heteroatoms. The van der Waals surface area contributed by atoms with Crippen LogP contribution in [0.25, 0.3) is 0 Å². The molecule has 1 saturated heterocycles. The molecule has 0 bridgehead atoms. The quantitative estimate of drug-likeness (QED) is 0.630. The minimum atomic E-state index is 0.262. The molecule has 3 N–H and O–H groups in total. The topological polar surface area (TPSA) is 58.4 Å². The van der Waals surface area contributed by atoms with Crippen LogP contribution in [0.3, 0.4) is 0 Å². The average Bonchev–Trinajstić information content (AvgIpc) is 2.42. The highest BCUT2D eigenvalue weighted by Crippen LogP contribution is 2.20. The number of nitrogens with one attached hydrogen (secondary N) is 1. The Morgan fingerprint density at radius 1 is 1.32 bits per heavy atom. The fourth-order valence-electron chi connectivity index (χ4n) is 2.28. The number of piperidine rings is 1. The van der Waals surface area contributed by atoms with Gasteiger partial charge in [0.2, 0.25) is 5.91 Å². The second kappa shape index (κ2) is 6.98. The van der Waals surface area contributed by atoms with E-state index in [1.54, 1.807) is 0 Å². The monoisotopic (exact) mass is 373 g/mol. The maximum absolute atomic E-state index is 12.0. The standard InChI is InChI=1S/C14H20IN3O/c15-12-10-11(16)4-5-13(12)17-7-6-14(19)18-8-2-1-3-9-18/h4-5,10,17H,1-3,6-9,16H2. The first-order chi connectivity index (χ1) is 9.16. The number of rotatable bonds is 4. The number of nitrogen functional groups attached to an aromatic ring is 1. The highest BCUT2D eigenvalue weighted by molar-refractivity contribution is 14.1. The highest BCUT2D eigenvalue weighted by atomic mass is 127. The molecule has 0 aliphatic carbocycles. The van der Waals surface area contributed by atoms with Crippen molar-refractivity contribution in [2.75, 3.05) is 30.7 Å². The predicted octanol–water partition coefficient (Wildman–Crippen LogP) is 2.69. The third-order valence-corrected chi connectivity index (χ3v) is 4.25. The van der Waals surface area contributed by atoms with Crippen molar-refractivity contribution in [3.05, 3.63) is 21.8 Å². The number of nitrogens with two attached hydrogens (primary N) is 1. The van der Waals surface area contributed by atoms with E-state index in [0.29, 0.717) is 13.0 Å². The molecule has 0 spiro atoms. The van der Waals surface area contributed by atoms with Gasteiger partial charge in [0, 0.05) is 41.0 Å². The Morgan fingerprint density at radius 3 is 2.74 bits per heavy atom. The van der Waals surface area contributed by atoms with Crippen molar-refractivity contribution in [1.29, 1.82) is 0 Å². The molecule has 1 heterocycles. The van der Waals surface area contributed by atoms with E-state index in [9.17, 15) is 4.79 Å². The summed E-state index contributed by atoms with van der Waals surface area (Å²) >= 11 is 2.25. The zero-order valence-electron chi connectivity index (χ0n) is 11.0. The summed E-state index contributed by atoms with van der Waals surface area (Å²) < 4.78 is 1.09. The van der Waals surface area contributed by atoms with E-state index < -0.39 is 0 Å². The second-order valence-corrected chi connectivity index (χ2v) is 6.02. The lowest BCUT2D eigenvalue weighted by molar-refractivity contribution is -0.131. The molecule has 1 amide bonds. The number of nitrogens with zero attached hydrogens (tertiary/aromatic N) is 1. The SMILES string of the molecule is Nc1ccc(NCCC(=O)N2CCCCC2)c(I)c1. The van der Waals surface area contributed by atoms with E-state index >= 15 is 0 Å². The minimum absolute atomic E-state index is 0.262. The number of carbonyl (C=O) groups excluding carboxylic acids is 1. The van der Waals surface area contributed by atoms with Crippen molar-refractivity contribution in [3.63, 3.8) is 0 Å². The number of amides is 1. The molecule has 0 radical (unpaired) electrons. The van der Waals surface area contributed by atoms with Crippen molar-refractivity contribution in [2.24, 2.45) is 0 Å². The van der Waals surface area contributed by atoms with Gasteiger partial charge in [-0.15, -0.1) is 0 Å². The van der Waals surface area contributed by atoms with E-state index in [-0.39, 0.29) is 5.91 Å². The molecule has 19 heavy (non-hydrogen) atoms. The van der Waals surface area contributed by atoms with E-state index in [1.165, 1.54) is 6.42 Å². The summed E-state index contributed by atoms with van der Waals surface area (Å²) in [6.07, 6.45) is 4.11. The molecule has 0 unspecified atom stereocenters. The number of hydrogen-bond donors (Lipinski definition) is 2. The molecule has 1 aromatic carbocycles. The molecule has 104 valence electrons. The molecule has 0 aromatic heterocycles. The highest BCUT2D eigenvalue weighted by Gasteiger charge is 2.15. The zero-order chi connectivity index (χ0) is 13.7. The molecule has 2 rings (SSSR count). The molecule has 0 saturated carbocycles. The van der Waals surface area contributed by atoms with Crippen LogP contribution >= 0.6 is 22.6 Å². The average molecular weight is 373 g/mol. The predicted molar refractivity (Wildman–Crippen MR) is 87.1 cm³/mol. The molecule has 0 atom stereocenters. The fourth-order valence-corrected chi connectivity index (χ4v) is 3.01. The van der Waals surface area contributed by atoms with E-state index in [4.69, 9.17) is 5.73 Å². The van der Waals surface area contributed by atoms with E-state index in [0.717, 1.165) is 40.9 Å². The number of likely N-dealkylation sites (tertiary alicyclic amines) is 1. The molecular weight excluding hydrogens is 353 g/mol. The van der Waals surface area contributed by atoms with Crippen LogP contribution < -0.4 is 11.1 Å². The Kier molecular flexibility index (Phi) is 5.30. The lowest BCUT2D eigenvalue weighted by atomic mass is 10.1. The maximum Gasteiger partial charge on any atom is 0.224 e. The van der Waals surface area contributed by atoms with Crippen LogP contribution in [0.2, 0.25) is 0 Å². The lowest BCUT2D eigenvalue weighted by Crippen LogP contribution is -2.36. The number of carbonyl (C=O) groups is 1.